The Balaban J connectivity index is 2.19. The van der Waals surface area contributed by atoms with Crippen molar-refractivity contribution in [1.82, 2.24) is 5.32 Å². The Morgan fingerprint density at radius 3 is 2.86 bits per heavy atom. The second-order valence-corrected chi connectivity index (χ2v) is 5.81. The van der Waals surface area contributed by atoms with Gasteiger partial charge in [-0.2, -0.15) is 0 Å². The normalized spacial score (nSPS) is 16.0. The van der Waals surface area contributed by atoms with Crippen LogP contribution in [0.1, 0.15) is 43.0 Å². The predicted octanol–water partition coefficient (Wildman–Crippen LogP) is 2.36. The molecule has 1 atom stereocenters. The fourth-order valence-electron chi connectivity index (χ4n) is 2.57. The van der Waals surface area contributed by atoms with Crippen molar-refractivity contribution in [2.24, 2.45) is 0 Å². The van der Waals surface area contributed by atoms with E-state index in [2.05, 4.69) is 5.32 Å². The summed E-state index contributed by atoms with van der Waals surface area (Å²) in [7, 11) is 0. The molecular formula is C16H21ClN2O3. The van der Waals surface area contributed by atoms with E-state index in [-0.39, 0.29) is 24.5 Å². The van der Waals surface area contributed by atoms with Gasteiger partial charge in [0, 0.05) is 31.3 Å². The number of halogens is 1. The lowest BCUT2D eigenvalue weighted by atomic mass is 10.1. The van der Waals surface area contributed by atoms with Gasteiger partial charge in [0.1, 0.15) is 0 Å². The van der Waals surface area contributed by atoms with E-state index in [9.17, 15) is 9.59 Å². The highest BCUT2D eigenvalue weighted by Gasteiger charge is 2.23. The fraction of sp³-hybridized carbons (Fsp3) is 0.500. The molecule has 1 aromatic carbocycles. The van der Waals surface area contributed by atoms with Gasteiger partial charge in [-0.3, -0.25) is 9.59 Å². The van der Waals surface area contributed by atoms with E-state index in [0.29, 0.717) is 35.7 Å². The number of nitrogens with one attached hydrogen (secondary N) is 1. The number of aliphatic hydroxyl groups excluding tert-OH is 1. The number of amides is 2. The van der Waals surface area contributed by atoms with E-state index in [1.165, 1.54) is 0 Å². The zero-order valence-corrected chi connectivity index (χ0v) is 13.4. The number of carbonyl (C=O) groups excluding carboxylic acids is 2. The van der Waals surface area contributed by atoms with E-state index in [4.69, 9.17) is 16.7 Å². The Hall–Kier alpha value is -1.59. The lowest BCUT2D eigenvalue weighted by Gasteiger charge is -2.19. The van der Waals surface area contributed by atoms with Crippen LogP contribution in [0.4, 0.5) is 5.69 Å². The molecule has 5 nitrogen and oxygen atoms in total. The predicted molar refractivity (Wildman–Crippen MR) is 86.3 cm³/mol. The molecule has 1 unspecified atom stereocenters. The van der Waals surface area contributed by atoms with Crippen molar-refractivity contribution in [2.75, 3.05) is 18.1 Å². The van der Waals surface area contributed by atoms with Crippen LogP contribution in [0.3, 0.4) is 0 Å². The Morgan fingerprint density at radius 1 is 1.50 bits per heavy atom. The molecule has 120 valence electrons. The zero-order chi connectivity index (χ0) is 16.1. The second-order valence-electron chi connectivity index (χ2n) is 5.40. The molecule has 1 fully saturated rings. The smallest absolute Gasteiger partial charge is 0.253 e. The van der Waals surface area contributed by atoms with Gasteiger partial charge in [0.05, 0.1) is 10.6 Å². The zero-order valence-electron chi connectivity index (χ0n) is 12.6. The lowest BCUT2D eigenvalue weighted by Crippen LogP contribution is -2.35. The number of rotatable bonds is 6. The first-order valence-corrected chi connectivity index (χ1v) is 7.96. The van der Waals surface area contributed by atoms with Crippen LogP contribution >= 0.6 is 11.6 Å². The van der Waals surface area contributed by atoms with Gasteiger partial charge in [0.15, 0.2) is 0 Å². The summed E-state index contributed by atoms with van der Waals surface area (Å²) in [6, 6.07) is 4.97. The van der Waals surface area contributed by atoms with Crippen LogP contribution in [0, 0.1) is 0 Å². The van der Waals surface area contributed by atoms with E-state index < -0.39 is 0 Å². The Bertz CT molecular complexity index is 562. The molecule has 0 radical (unpaired) electrons. The molecule has 1 aromatic rings. The summed E-state index contributed by atoms with van der Waals surface area (Å²) in [5.74, 6) is -0.209. The Morgan fingerprint density at radius 2 is 2.27 bits per heavy atom. The van der Waals surface area contributed by atoms with Gasteiger partial charge in [-0.05, 0) is 37.5 Å². The highest BCUT2D eigenvalue weighted by atomic mass is 35.5. The molecular weight excluding hydrogens is 304 g/mol. The highest BCUT2D eigenvalue weighted by molar-refractivity contribution is 6.34. The summed E-state index contributed by atoms with van der Waals surface area (Å²) in [5.41, 5.74) is 1.06. The van der Waals surface area contributed by atoms with Crippen LogP contribution in [0.2, 0.25) is 5.02 Å². The standard InChI is InChI=1S/C16H21ClN2O3/c1-2-11(7-9-20)18-16(22)13-10-12(5-6-14(13)17)19-8-3-4-15(19)21/h5-6,10-11,20H,2-4,7-9H2,1H3,(H,18,22). The van der Waals surface area contributed by atoms with E-state index >= 15 is 0 Å². The maximum atomic E-state index is 12.4. The third kappa shape index (κ3) is 3.78. The molecule has 0 aliphatic carbocycles. The van der Waals surface area contributed by atoms with E-state index in [1.54, 1.807) is 23.1 Å². The number of aliphatic hydroxyl groups is 1. The molecule has 2 rings (SSSR count). The topological polar surface area (TPSA) is 69.6 Å². The summed E-state index contributed by atoms with van der Waals surface area (Å²) in [6.45, 7) is 2.64. The van der Waals surface area contributed by atoms with Gasteiger partial charge in [-0.15, -0.1) is 0 Å². The van der Waals surface area contributed by atoms with Gasteiger partial charge >= 0.3 is 0 Å². The molecule has 0 aromatic heterocycles. The number of anilines is 1. The molecule has 2 N–H and O–H groups in total. The van der Waals surface area contributed by atoms with Crippen LogP contribution < -0.4 is 10.2 Å². The van der Waals surface area contributed by atoms with Crippen LogP contribution in [0.15, 0.2) is 18.2 Å². The van der Waals surface area contributed by atoms with Crippen LogP contribution in [-0.2, 0) is 4.79 Å². The van der Waals surface area contributed by atoms with Gasteiger partial charge < -0.3 is 15.3 Å². The second kappa shape index (κ2) is 7.61. The van der Waals surface area contributed by atoms with Crippen molar-refractivity contribution >= 4 is 29.1 Å². The molecule has 0 saturated carbocycles. The monoisotopic (exact) mass is 324 g/mol. The number of hydrogen-bond donors (Lipinski definition) is 2. The first kappa shape index (κ1) is 16.8. The largest absolute Gasteiger partial charge is 0.396 e. The molecule has 1 aliphatic heterocycles. The summed E-state index contributed by atoms with van der Waals surface area (Å²) < 4.78 is 0. The quantitative estimate of drug-likeness (QED) is 0.844. The first-order valence-electron chi connectivity index (χ1n) is 7.58. The van der Waals surface area contributed by atoms with Gasteiger partial charge in [0.2, 0.25) is 5.91 Å². The number of carbonyl (C=O) groups is 2. The van der Waals surface area contributed by atoms with Crippen molar-refractivity contribution < 1.29 is 14.7 Å². The van der Waals surface area contributed by atoms with E-state index in [0.717, 1.165) is 12.8 Å². The van der Waals surface area contributed by atoms with Gasteiger partial charge in [-0.25, -0.2) is 0 Å². The highest BCUT2D eigenvalue weighted by Crippen LogP contribution is 2.26. The molecule has 1 aliphatic rings. The summed E-state index contributed by atoms with van der Waals surface area (Å²) >= 11 is 6.12. The van der Waals surface area contributed by atoms with Crippen molar-refractivity contribution in [2.45, 2.75) is 38.6 Å². The average molecular weight is 325 g/mol. The lowest BCUT2D eigenvalue weighted by molar-refractivity contribution is -0.117. The molecule has 1 saturated heterocycles. The number of hydrogen-bond acceptors (Lipinski definition) is 3. The Labute approximate surface area is 135 Å². The molecule has 1 heterocycles. The van der Waals surface area contributed by atoms with Crippen molar-refractivity contribution in [3.05, 3.63) is 28.8 Å². The summed E-state index contributed by atoms with van der Waals surface area (Å²) in [4.78, 5) is 25.9. The Kier molecular flexibility index (Phi) is 5.80. The maximum absolute atomic E-state index is 12.4. The van der Waals surface area contributed by atoms with Gasteiger partial charge in [0.25, 0.3) is 5.91 Å². The minimum Gasteiger partial charge on any atom is -0.396 e. The van der Waals surface area contributed by atoms with Crippen molar-refractivity contribution in [1.29, 1.82) is 0 Å². The van der Waals surface area contributed by atoms with Crippen LogP contribution in [0.25, 0.3) is 0 Å². The average Bonchev–Trinajstić information content (AvgIpc) is 2.93. The molecule has 6 heteroatoms. The molecule has 2 amide bonds. The SMILES string of the molecule is CCC(CCO)NC(=O)c1cc(N2CCCC2=O)ccc1Cl. The first-order chi connectivity index (χ1) is 10.6. The van der Waals surface area contributed by atoms with Crippen LogP contribution in [-0.4, -0.2) is 36.1 Å². The van der Waals surface area contributed by atoms with Crippen molar-refractivity contribution in [3.8, 4) is 0 Å². The third-order valence-corrected chi connectivity index (χ3v) is 4.21. The van der Waals surface area contributed by atoms with E-state index in [1.807, 2.05) is 6.92 Å². The van der Waals surface area contributed by atoms with Gasteiger partial charge in [-0.1, -0.05) is 18.5 Å². The van der Waals surface area contributed by atoms with Crippen molar-refractivity contribution in [3.63, 3.8) is 0 Å². The fourth-order valence-corrected chi connectivity index (χ4v) is 2.78. The summed E-state index contributed by atoms with van der Waals surface area (Å²) in [6.07, 6.45) is 2.61. The summed E-state index contributed by atoms with van der Waals surface area (Å²) in [5, 5.41) is 12.2. The minimum absolute atomic E-state index is 0.0227. The molecule has 0 bridgehead atoms. The maximum Gasteiger partial charge on any atom is 0.253 e. The number of nitrogens with zero attached hydrogens (tertiary/aromatic N) is 1. The third-order valence-electron chi connectivity index (χ3n) is 3.89. The van der Waals surface area contributed by atoms with Crippen LogP contribution in [0.5, 0.6) is 0 Å². The molecule has 22 heavy (non-hydrogen) atoms. The minimum atomic E-state index is -0.279. The molecule has 0 spiro atoms. The number of benzene rings is 1.